The highest BCUT2D eigenvalue weighted by Crippen LogP contribution is 2.44. The van der Waals surface area contributed by atoms with Gasteiger partial charge in [0.15, 0.2) is 0 Å². The van der Waals surface area contributed by atoms with Crippen LogP contribution in [-0.4, -0.2) is 0 Å². The zero-order valence-corrected chi connectivity index (χ0v) is 26.2. The van der Waals surface area contributed by atoms with Crippen molar-refractivity contribution in [2.75, 3.05) is 0 Å². The van der Waals surface area contributed by atoms with E-state index in [1.807, 2.05) is 0 Å². The number of hydrogen-bond donors (Lipinski definition) is 0. The average molecular weight is 547 g/mol. The lowest BCUT2D eigenvalue weighted by Gasteiger charge is -2.21. The third-order valence-corrected chi connectivity index (χ3v) is 9.12. The molecule has 0 atom stereocenters. The van der Waals surface area contributed by atoms with E-state index in [0.717, 1.165) is 12.8 Å². The van der Waals surface area contributed by atoms with Crippen LogP contribution in [-0.2, 0) is 18.3 Å². The van der Waals surface area contributed by atoms with E-state index < -0.39 is 0 Å². The third kappa shape index (κ3) is 4.53. The number of rotatable bonds is 5. The normalized spacial score (nSPS) is 12.8. The van der Waals surface area contributed by atoms with Gasteiger partial charge in [-0.3, -0.25) is 0 Å². The fourth-order valence-electron chi connectivity index (χ4n) is 7.21. The Morgan fingerprint density at radius 1 is 0.452 bits per heavy atom. The molecule has 0 radical (unpaired) electrons. The molecule has 0 heterocycles. The van der Waals surface area contributed by atoms with Gasteiger partial charge in [-0.25, -0.2) is 0 Å². The Hall–Kier alpha value is -3.90. The lowest BCUT2D eigenvalue weighted by molar-refractivity contribution is 0.591. The molecule has 0 aliphatic heterocycles. The van der Waals surface area contributed by atoms with Crippen molar-refractivity contribution in [3.05, 3.63) is 108 Å². The van der Waals surface area contributed by atoms with Crippen molar-refractivity contribution in [2.45, 2.75) is 66.7 Å². The summed E-state index contributed by atoms with van der Waals surface area (Å²) in [5, 5.41) is 13.6. The highest BCUT2D eigenvalue weighted by Gasteiger charge is 2.19. The Morgan fingerprint density at radius 2 is 1.07 bits per heavy atom. The van der Waals surface area contributed by atoms with Crippen molar-refractivity contribution in [3.63, 3.8) is 0 Å². The van der Waals surface area contributed by atoms with Crippen LogP contribution in [0.4, 0.5) is 0 Å². The molecule has 7 rings (SSSR count). The van der Waals surface area contributed by atoms with Crippen LogP contribution < -0.4 is 0 Å². The zero-order valence-electron chi connectivity index (χ0n) is 26.2. The first-order valence-corrected chi connectivity index (χ1v) is 15.8. The fourth-order valence-corrected chi connectivity index (χ4v) is 7.21. The maximum Gasteiger partial charge on any atom is -0.00206 e. The van der Waals surface area contributed by atoms with Crippen molar-refractivity contribution in [3.8, 4) is 11.1 Å². The second kappa shape index (κ2) is 9.84. The molecule has 0 N–H and O–H groups in total. The first kappa shape index (κ1) is 27.0. The van der Waals surface area contributed by atoms with Crippen LogP contribution in [0.15, 0.2) is 91.0 Å². The minimum atomic E-state index is 0.103. The molecular formula is C42H42. The Morgan fingerprint density at radius 3 is 1.79 bits per heavy atom. The molecule has 0 saturated heterocycles. The highest BCUT2D eigenvalue weighted by molar-refractivity contribution is 6.27. The van der Waals surface area contributed by atoms with Crippen LogP contribution in [0, 0.1) is 11.8 Å². The predicted molar refractivity (Wildman–Crippen MR) is 186 cm³/mol. The molecule has 7 aromatic rings. The van der Waals surface area contributed by atoms with E-state index in [0.29, 0.717) is 11.8 Å². The summed E-state index contributed by atoms with van der Waals surface area (Å²) >= 11 is 0. The lowest BCUT2D eigenvalue weighted by Crippen LogP contribution is -2.10. The lowest BCUT2D eigenvalue weighted by atomic mass is 9.83. The monoisotopic (exact) mass is 546 g/mol. The quantitative estimate of drug-likeness (QED) is 0.188. The van der Waals surface area contributed by atoms with Crippen LogP contribution in [0.1, 0.15) is 65.2 Å². The van der Waals surface area contributed by atoms with Crippen LogP contribution in [0.5, 0.6) is 0 Å². The van der Waals surface area contributed by atoms with Gasteiger partial charge in [-0.15, -0.1) is 0 Å². The predicted octanol–water partition coefficient (Wildman–Crippen LogP) is 12.3. The maximum atomic E-state index is 2.47. The molecule has 0 spiro atoms. The highest BCUT2D eigenvalue weighted by atomic mass is 14.2. The van der Waals surface area contributed by atoms with E-state index >= 15 is 0 Å². The van der Waals surface area contributed by atoms with E-state index in [1.165, 1.54) is 81.7 Å². The third-order valence-electron chi connectivity index (χ3n) is 9.12. The molecule has 0 amide bonds. The molecule has 0 heteroatoms. The van der Waals surface area contributed by atoms with E-state index in [4.69, 9.17) is 0 Å². The van der Waals surface area contributed by atoms with Gasteiger partial charge in [0.05, 0.1) is 0 Å². The van der Waals surface area contributed by atoms with Gasteiger partial charge in [0.25, 0.3) is 0 Å². The average Bonchev–Trinajstić information content (AvgIpc) is 2.93. The summed E-state index contributed by atoms with van der Waals surface area (Å²) in [6.45, 7) is 16.2. The van der Waals surface area contributed by atoms with Crippen LogP contribution in [0.2, 0.25) is 0 Å². The number of hydrogen-bond acceptors (Lipinski definition) is 0. The number of benzene rings is 7. The Balaban J connectivity index is 1.56. The van der Waals surface area contributed by atoms with Gasteiger partial charge in [0.1, 0.15) is 0 Å². The molecule has 0 nitrogen and oxygen atoms in total. The van der Waals surface area contributed by atoms with Gasteiger partial charge >= 0.3 is 0 Å². The van der Waals surface area contributed by atoms with E-state index in [1.54, 1.807) is 0 Å². The smallest absolute Gasteiger partial charge is 0.00206 e. The summed E-state index contributed by atoms with van der Waals surface area (Å²) in [6.07, 6.45) is 2.20. The largest absolute Gasteiger partial charge is 0.0625 e. The molecule has 0 unspecified atom stereocenters. The molecule has 7 aromatic carbocycles. The summed E-state index contributed by atoms with van der Waals surface area (Å²) in [4.78, 5) is 0. The van der Waals surface area contributed by atoms with Gasteiger partial charge in [-0.2, -0.15) is 0 Å². The van der Waals surface area contributed by atoms with Gasteiger partial charge < -0.3 is 0 Å². The molecule has 0 saturated carbocycles. The summed E-state index contributed by atoms with van der Waals surface area (Å²) in [6, 6.07) is 35.7. The van der Waals surface area contributed by atoms with Crippen molar-refractivity contribution in [2.24, 2.45) is 11.8 Å². The van der Waals surface area contributed by atoms with Crippen molar-refractivity contribution in [1.29, 1.82) is 0 Å². The van der Waals surface area contributed by atoms with Gasteiger partial charge in [-0.1, -0.05) is 133 Å². The maximum absolute atomic E-state index is 2.47. The summed E-state index contributed by atoms with van der Waals surface area (Å²) < 4.78 is 0. The van der Waals surface area contributed by atoms with Crippen LogP contribution >= 0.6 is 0 Å². The van der Waals surface area contributed by atoms with E-state index in [9.17, 15) is 0 Å². The SMILES string of the molecule is CC(C)Cc1cc2ccc3ccc(-c4cc5cc(C(C)(C)C)ccc5c5ccc(CC(C)C)cc45)c4ccc(c1)c2c34. The second-order valence-electron chi connectivity index (χ2n) is 14.5. The molecule has 0 aliphatic carbocycles. The molecule has 0 bridgehead atoms. The first-order chi connectivity index (χ1) is 20.1. The Kier molecular flexibility index (Phi) is 6.32. The molecule has 0 aliphatic rings. The molecular weight excluding hydrogens is 504 g/mol. The molecule has 42 heavy (non-hydrogen) atoms. The van der Waals surface area contributed by atoms with Crippen molar-refractivity contribution >= 4 is 53.9 Å². The second-order valence-corrected chi connectivity index (χ2v) is 14.5. The van der Waals surface area contributed by atoms with E-state index in [2.05, 4.69) is 139 Å². The van der Waals surface area contributed by atoms with Crippen molar-refractivity contribution < 1.29 is 0 Å². The van der Waals surface area contributed by atoms with Crippen molar-refractivity contribution in [1.82, 2.24) is 0 Å². The van der Waals surface area contributed by atoms with Crippen LogP contribution in [0.25, 0.3) is 65.0 Å². The fraction of sp³-hybridized carbons (Fsp3) is 0.286. The van der Waals surface area contributed by atoms with Gasteiger partial charge in [0.2, 0.25) is 0 Å². The molecule has 0 fully saturated rings. The van der Waals surface area contributed by atoms with Gasteiger partial charge in [0, 0.05) is 0 Å². The number of fused-ring (bicyclic) bond motifs is 3. The molecule has 0 aromatic heterocycles. The van der Waals surface area contributed by atoms with E-state index in [-0.39, 0.29) is 5.41 Å². The summed E-state index contributed by atoms with van der Waals surface area (Å²) in [5.41, 5.74) is 7.00. The minimum absolute atomic E-state index is 0.103. The zero-order chi connectivity index (χ0) is 29.3. The minimum Gasteiger partial charge on any atom is -0.0625 e. The molecule has 210 valence electrons. The van der Waals surface area contributed by atoms with Crippen LogP contribution in [0.3, 0.4) is 0 Å². The Labute approximate surface area is 250 Å². The standard InChI is InChI=1S/C42H42/c1-25(2)18-27-8-14-35-34-17-13-33(42(5,6)7)23-32(34)24-39(38(35)22-27)36-15-11-29-9-10-30-20-28(19-26(3)4)21-31-12-16-37(36)41(29)40(30)31/h8-17,20-26H,18-19H2,1-7H3. The van der Waals surface area contributed by atoms with Gasteiger partial charge in [-0.05, 0) is 118 Å². The Bertz CT molecular complexity index is 2090. The first-order valence-electron chi connectivity index (χ1n) is 15.8. The summed E-state index contributed by atoms with van der Waals surface area (Å²) in [7, 11) is 0. The topological polar surface area (TPSA) is 0 Å². The summed E-state index contributed by atoms with van der Waals surface area (Å²) in [5.74, 6) is 1.27.